The molecule has 2 rings (SSSR count). The van der Waals surface area contributed by atoms with Gasteiger partial charge in [0.15, 0.2) is 0 Å². The predicted molar refractivity (Wildman–Crippen MR) is 87.3 cm³/mol. The van der Waals surface area contributed by atoms with Gasteiger partial charge in [-0.25, -0.2) is 0 Å². The van der Waals surface area contributed by atoms with Gasteiger partial charge < -0.3 is 10.2 Å². The monoisotopic (exact) mass is 295 g/mol. The Bertz CT molecular complexity index is 318. The molecule has 1 unspecified atom stereocenters. The first-order valence-electron chi connectivity index (χ1n) is 8.79. The molecule has 2 fully saturated rings. The van der Waals surface area contributed by atoms with Gasteiger partial charge in [0.1, 0.15) is 0 Å². The van der Waals surface area contributed by atoms with Gasteiger partial charge in [0.25, 0.3) is 0 Å². The Morgan fingerprint density at radius 3 is 2.33 bits per heavy atom. The van der Waals surface area contributed by atoms with Crippen LogP contribution in [0.5, 0.6) is 0 Å². The van der Waals surface area contributed by atoms with Gasteiger partial charge in [-0.1, -0.05) is 6.92 Å². The Morgan fingerprint density at radius 2 is 1.76 bits per heavy atom. The fraction of sp³-hybridized carbons (Fsp3) is 0.941. The van der Waals surface area contributed by atoms with Crippen LogP contribution in [0, 0.1) is 11.8 Å². The van der Waals surface area contributed by atoms with E-state index in [9.17, 15) is 4.79 Å². The van der Waals surface area contributed by atoms with Crippen molar-refractivity contribution in [1.29, 1.82) is 0 Å². The van der Waals surface area contributed by atoms with Gasteiger partial charge in [-0.15, -0.1) is 0 Å². The van der Waals surface area contributed by atoms with E-state index in [4.69, 9.17) is 0 Å². The number of piperidine rings is 2. The molecule has 0 aromatic heterocycles. The topological polar surface area (TPSA) is 35.6 Å². The molecule has 4 nitrogen and oxygen atoms in total. The molecule has 0 bridgehead atoms. The summed E-state index contributed by atoms with van der Waals surface area (Å²) in [6, 6.07) is 0.0728. The Balaban J connectivity index is 1.76. The quantitative estimate of drug-likeness (QED) is 0.842. The molecule has 2 heterocycles. The molecule has 1 atom stereocenters. The van der Waals surface area contributed by atoms with E-state index in [1.807, 2.05) is 7.05 Å². The summed E-state index contributed by atoms with van der Waals surface area (Å²) >= 11 is 0. The summed E-state index contributed by atoms with van der Waals surface area (Å²) in [5.74, 6) is 1.98. The van der Waals surface area contributed by atoms with Crippen molar-refractivity contribution in [2.45, 2.75) is 52.0 Å². The molecule has 0 radical (unpaired) electrons. The largest absolute Gasteiger partial charge is 0.341 e. The number of rotatable bonds is 5. The molecular formula is C17H33N3O. The van der Waals surface area contributed by atoms with Gasteiger partial charge in [-0.3, -0.25) is 9.69 Å². The number of nitrogens with zero attached hydrogens (tertiary/aromatic N) is 2. The number of amides is 1. The molecule has 122 valence electrons. The van der Waals surface area contributed by atoms with Crippen LogP contribution >= 0.6 is 0 Å². The molecule has 21 heavy (non-hydrogen) atoms. The highest BCUT2D eigenvalue weighted by Crippen LogP contribution is 2.23. The van der Waals surface area contributed by atoms with Crippen LogP contribution in [0.1, 0.15) is 46.0 Å². The van der Waals surface area contributed by atoms with Gasteiger partial charge in [-0.2, -0.15) is 0 Å². The average molecular weight is 295 g/mol. The lowest BCUT2D eigenvalue weighted by atomic mass is 9.92. The van der Waals surface area contributed by atoms with E-state index < -0.39 is 0 Å². The first-order valence-corrected chi connectivity index (χ1v) is 8.79. The second-order valence-electron chi connectivity index (χ2n) is 7.06. The molecule has 2 aliphatic heterocycles. The van der Waals surface area contributed by atoms with Gasteiger partial charge >= 0.3 is 0 Å². The van der Waals surface area contributed by atoms with E-state index in [0.717, 1.165) is 44.6 Å². The van der Waals surface area contributed by atoms with Crippen LogP contribution in [0.4, 0.5) is 0 Å². The molecule has 0 saturated carbocycles. The molecular weight excluding hydrogens is 262 g/mol. The van der Waals surface area contributed by atoms with Crippen molar-refractivity contribution in [3.8, 4) is 0 Å². The Hall–Kier alpha value is -0.610. The van der Waals surface area contributed by atoms with Crippen molar-refractivity contribution in [2.24, 2.45) is 11.8 Å². The molecule has 0 aliphatic carbocycles. The maximum absolute atomic E-state index is 12.6. The zero-order valence-corrected chi connectivity index (χ0v) is 14.1. The Labute approximate surface area is 130 Å². The number of carbonyl (C=O) groups excluding carboxylic acids is 1. The standard InChI is InChI=1S/C17H33N3O/c1-14-5-10-20(11-6-14)17(21)15(2)19-12-7-16(8-13-19)4-9-18-3/h14-16,18H,4-13H2,1-3H3. The summed E-state index contributed by atoms with van der Waals surface area (Å²) in [5.41, 5.74) is 0. The average Bonchev–Trinajstić information content (AvgIpc) is 2.53. The minimum atomic E-state index is 0.0728. The zero-order valence-electron chi connectivity index (χ0n) is 14.1. The van der Waals surface area contributed by atoms with Gasteiger partial charge in [-0.05, 0) is 77.5 Å². The number of hydrogen-bond donors (Lipinski definition) is 1. The van der Waals surface area contributed by atoms with Crippen molar-refractivity contribution in [1.82, 2.24) is 15.1 Å². The summed E-state index contributed by atoms with van der Waals surface area (Å²) in [5, 5.41) is 3.24. The second-order valence-corrected chi connectivity index (χ2v) is 7.06. The third-order valence-corrected chi connectivity index (χ3v) is 5.45. The maximum Gasteiger partial charge on any atom is 0.239 e. The van der Waals surface area contributed by atoms with Crippen LogP contribution in [0.25, 0.3) is 0 Å². The van der Waals surface area contributed by atoms with E-state index >= 15 is 0 Å². The number of nitrogens with one attached hydrogen (secondary N) is 1. The Morgan fingerprint density at radius 1 is 1.14 bits per heavy atom. The highest BCUT2D eigenvalue weighted by atomic mass is 16.2. The normalized spacial score (nSPS) is 24.2. The molecule has 1 N–H and O–H groups in total. The van der Waals surface area contributed by atoms with Crippen molar-refractivity contribution >= 4 is 5.91 Å². The van der Waals surface area contributed by atoms with Crippen LogP contribution in [-0.2, 0) is 4.79 Å². The summed E-state index contributed by atoms with van der Waals surface area (Å²) in [6.07, 6.45) is 6.11. The first kappa shape index (κ1) is 16.8. The Kier molecular flexibility index (Phi) is 6.49. The molecule has 1 amide bonds. The van der Waals surface area contributed by atoms with Crippen molar-refractivity contribution in [2.75, 3.05) is 39.8 Å². The third kappa shape index (κ3) is 4.68. The van der Waals surface area contributed by atoms with Crippen molar-refractivity contribution in [3.63, 3.8) is 0 Å². The van der Waals surface area contributed by atoms with Gasteiger partial charge in [0, 0.05) is 13.1 Å². The highest BCUT2D eigenvalue weighted by Gasteiger charge is 2.30. The SMILES string of the molecule is CNCCC1CCN(C(C)C(=O)N2CCC(C)CC2)CC1. The second kappa shape index (κ2) is 8.14. The number of carbonyl (C=O) groups is 1. The zero-order chi connectivity index (χ0) is 15.2. The van der Waals surface area contributed by atoms with E-state index in [1.54, 1.807) is 0 Å². The minimum absolute atomic E-state index is 0.0728. The van der Waals surface area contributed by atoms with Gasteiger partial charge in [0.2, 0.25) is 5.91 Å². The van der Waals surface area contributed by atoms with Gasteiger partial charge in [0.05, 0.1) is 6.04 Å². The van der Waals surface area contributed by atoms with Crippen LogP contribution in [0.2, 0.25) is 0 Å². The fourth-order valence-corrected chi connectivity index (χ4v) is 3.63. The molecule has 0 aromatic carbocycles. The van der Waals surface area contributed by atoms with Crippen LogP contribution in [0.15, 0.2) is 0 Å². The maximum atomic E-state index is 12.6. The first-order chi connectivity index (χ1) is 10.1. The lowest BCUT2D eigenvalue weighted by Crippen LogP contribution is -2.51. The summed E-state index contributed by atoms with van der Waals surface area (Å²) in [7, 11) is 2.02. The number of hydrogen-bond acceptors (Lipinski definition) is 3. The van der Waals surface area contributed by atoms with Crippen LogP contribution in [0.3, 0.4) is 0 Å². The third-order valence-electron chi connectivity index (χ3n) is 5.45. The number of likely N-dealkylation sites (tertiary alicyclic amines) is 2. The molecule has 2 aliphatic rings. The smallest absolute Gasteiger partial charge is 0.239 e. The fourth-order valence-electron chi connectivity index (χ4n) is 3.63. The van der Waals surface area contributed by atoms with E-state index in [2.05, 4.69) is 29.0 Å². The molecule has 0 aromatic rings. The highest BCUT2D eigenvalue weighted by molar-refractivity contribution is 5.81. The summed E-state index contributed by atoms with van der Waals surface area (Å²) in [6.45, 7) is 9.61. The molecule has 0 spiro atoms. The van der Waals surface area contributed by atoms with E-state index in [1.165, 1.54) is 32.1 Å². The molecule has 4 heteroatoms. The minimum Gasteiger partial charge on any atom is -0.341 e. The molecule has 2 saturated heterocycles. The lowest BCUT2D eigenvalue weighted by molar-refractivity contribution is -0.138. The lowest BCUT2D eigenvalue weighted by Gasteiger charge is -2.39. The van der Waals surface area contributed by atoms with Crippen molar-refractivity contribution in [3.05, 3.63) is 0 Å². The summed E-state index contributed by atoms with van der Waals surface area (Å²) < 4.78 is 0. The predicted octanol–water partition coefficient (Wildman–Crippen LogP) is 1.95. The van der Waals surface area contributed by atoms with E-state index in [-0.39, 0.29) is 6.04 Å². The van der Waals surface area contributed by atoms with Crippen LogP contribution < -0.4 is 5.32 Å². The summed E-state index contributed by atoms with van der Waals surface area (Å²) in [4.78, 5) is 17.1. The van der Waals surface area contributed by atoms with Crippen LogP contribution in [-0.4, -0.2) is 61.5 Å². The van der Waals surface area contributed by atoms with Crippen molar-refractivity contribution < 1.29 is 4.79 Å². The van der Waals surface area contributed by atoms with E-state index in [0.29, 0.717) is 5.91 Å².